The maximum atomic E-state index is 12.4. The van der Waals surface area contributed by atoms with E-state index in [4.69, 9.17) is 11.6 Å². The predicted octanol–water partition coefficient (Wildman–Crippen LogP) is 5.08. The molecular formula is C21H21ClN4OS. The molecule has 7 heteroatoms. The molecule has 0 aliphatic heterocycles. The van der Waals surface area contributed by atoms with E-state index in [1.165, 1.54) is 11.8 Å². The van der Waals surface area contributed by atoms with Gasteiger partial charge in [-0.1, -0.05) is 54.6 Å². The number of thioether (sulfide) groups is 1. The number of nitrogens with zero attached hydrogens (tertiary/aromatic N) is 3. The van der Waals surface area contributed by atoms with Gasteiger partial charge in [-0.25, -0.2) is 0 Å². The Balaban J connectivity index is 1.72. The molecule has 0 saturated carbocycles. The molecule has 144 valence electrons. The Morgan fingerprint density at radius 3 is 2.68 bits per heavy atom. The number of nitrogens with one attached hydrogen (secondary N) is 1. The quantitative estimate of drug-likeness (QED) is 0.414. The molecule has 0 aliphatic rings. The second-order valence-electron chi connectivity index (χ2n) is 6.06. The van der Waals surface area contributed by atoms with E-state index in [0.29, 0.717) is 16.7 Å². The molecule has 0 unspecified atom stereocenters. The minimum atomic E-state index is -0.0768. The third kappa shape index (κ3) is 4.82. The van der Waals surface area contributed by atoms with Gasteiger partial charge in [0.25, 0.3) is 0 Å². The minimum Gasteiger partial charge on any atom is -0.325 e. The van der Waals surface area contributed by atoms with Gasteiger partial charge in [0.15, 0.2) is 11.0 Å². The van der Waals surface area contributed by atoms with Gasteiger partial charge in [-0.15, -0.1) is 16.8 Å². The van der Waals surface area contributed by atoms with E-state index in [1.807, 2.05) is 53.1 Å². The second-order valence-corrected chi connectivity index (χ2v) is 7.44. The average molecular weight is 413 g/mol. The molecule has 2 aromatic carbocycles. The van der Waals surface area contributed by atoms with Crippen LogP contribution in [0.25, 0.3) is 11.4 Å². The van der Waals surface area contributed by atoms with Gasteiger partial charge in [0.2, 0.25) is 5.91 Å². The number of hydrogen-bond donors (Lipinski definition) is 1. The molecule has 3 aromatic rings. The third-order valence-corrected chi connectivity index (χ3v) is 5.35. The molecule has 0 radical (unpaired) electrons. The Morgan fingerprint density at radius 1 is 1.21 bits per heavy atom. The van der Waals surface area contributed by atoms with E-state index in [9.17, 15) is 4.79 Å². The highest BCUT2D eigenvalue weighted by molar-refractivity contribution is 7.99. The lowest BCUT2D eigenvalue weighted by Gasteiger charge is -2.10. The summed E-state index contributed by atoms with van der Waals surface area (Å²) in [6.07, 6.45) is 2.64. The predicted molar refractivity (Wildman–Crippen MR) is 116 cm³/mol. The standard InChI is InChI=1S/C21H21ClN4OS/c1-3-13-26-20(16-9-11-17(22)12-10-16)24-25-21(26)28-14-19(27)23-18-8-6-5-7-15(18)4-2/h3,5-12H,1,4,13-14H2,2H3,(H,23,27). The van der Waals surface area contributed by atoms with Crippen LogP contribution in [-0.2, 0) is 17.8 Å². The summed E-state index contributed by atoms with van der Waals surface area (Å²) in [7, 11) is 0. The number of carbonyl (C=O) groups excluding carboxylic acids is 1. The van der Waals surface area contributed by atoms with Crippen molar-refractivity contribution in [2.24, 2.45) is 0 Å². The normalized spacial score (nSPS) is 10.6. The molecule has 1 N–H and O–H groups in total. The first-order chi connectivity index (χ1) is 13.6. The van der Waals surface area contributed by atoms with Crippen molar-refractivity contribution in [1.82, 2.24) is 14.8 Å². The van der Waals surface area contributed by atoms with Crippen molar-refractivity contribution in [3.05, 3.63) is 71.8 Å². The monoisotopic (exact) mass is 412 g/mol. The summed E-state index contributed by atoms with van der Waals surface area (Å²) in [6, 6.07) is 15.2. The number of allylic oxidation sites excluding steroid dienone is 1. The fraction of sp³-hybridized carbons (Fsp3) is 0.190. The van der Waals surface area contributed by atoms with Crippen LogP contribution in [-0.4, -0.2) is 26.4 Å². The number of carbonyl (C=O) groups is 1. The smallest absolute Gasteiger partial charge is 0.234 e. The Labute approximate surface area is 173 Å². The first-order valence-electron chi connectivity index (χ1n) is 8.93. The third-order valence-electron chi connectivity index (χ3n) is 4.14. The molecule has 0 fully saturated rings. The van der Waals surface area contributed by atoms with Gasteiger partial charge in [-0.3, -0.25) is 9.36 Å². The van der Waals surface area contributed by atoms with Crippen molar-refractivity contribution in [3.8, 4) is 11.4 Å². The van der Waals surface area contributed by atoms with Gasteiger partial charge in [-0.2, -0.15) is 0 Å². The summed E-state index contributed by atoms with van der Waals surface area (Å²) in [5, 5.41) is 12.9. The van der Waals surface area contributed by atoms with Crippen molar-refractivity contribution in [2.75, 3.05) is 11.1 Å². The molecule has 0 spiro atoms. The highest BCUT2D eigenvalue weighted by atomic mass is 35.5. The molecule has 0 saturated heterocycles. The molecule has 28 heavy (non-hydrogen) atoms. The molecular weight excluding hydrogens is 392 g/mol. The number of hydrogen-bond acceptors (Lipinski definition) is 4. The van der Waals surface area contributed by atoms with Gasteiger partial charge in [-0.05, 0) is 42.3 Å². The fourth-order valence-electron chi connectivity index (χ4n) is 2.77. The first-order valence-corrected chi connectivity index (χ1v) is 10.3. The molecule has 1 heterocycles. The summed E-state index contributed by atoms with van der Waals surface area (Å²) in [6.45, 7) is 6.42. The zero-order valence-corrected chi connectivity index (χ0v) is 17.1. The fourth-order valence-corrected chi connectivity index (χ4v) is 3.64. The van der Waals surface area contributed by atoms with Crippen LogP contribution >= 0.6 is 23.4 Å². The van der Waals surface area contributed by atoms with Crippen LogP contribution in [0, 0.1) is 0 Å². The summed E-state index contributed by atoms with van der Waals surface area (Å²) in [4.78, 5) is 12.4. The summed E-state index contributed by atoms with van der Waals surface area (Å²) in [5.74, 6) is 0.886. The molecule has 1 aromatic heterocycles. The van der Waals surface area contributed by atoms with Crippen molar-refractivity contribution in [3.63, 3.8) is 0 Å². The first kappa shape index (κ1) is 20.2. The van der Waals surface area contributed by atoms with Gasteiger partial charge < -0.3 is 5.32 Å². The Hall–Kier alpha value is -2.57. The number of benzene rings is 2. The molecule has 3 rings (SSSR count). The van der Waals surface area contributed by atoms with Gasteiger partial charge in [0.05, 0.1) is 5.75 Å². The van der Waals surface area contributed by atoms with Crippen LogP contribution in [0.2, 0.25) is 5.02 Å². The Kier molecular flexibility index (Phi) is 6.90. The van der Waals surface area contributed by atoms with Crippen LogP contribution in [0.15, 0.2) is 66.3 Å². The van der Waals surface area contributed by atoms with Crippen LogP contribution in [0.3, 0.4) is 0 Å². The largest absolute Gasteiger partial charge is 0.325 e. The van der Waals surface area contributed by atoms with Gasteiger partial charge >= 0.3 is 0 Å². The number of para-hydroxylation sites is 1. The van der Waals surface area contributed by atoms with Crippen molar-refractivity contribution in [1.29, 1.82) is 0 Å². The molecule has 1 amide bonds. The maximum absolute atomic E-state index is 12.4. The molecule has 0 atom stereocenters. The summed E-state index contributed by atoms with van der Waals surface area (Å²) in [5.41, 5.74) is 2.87. The number of amides is 1. The van der Waals surface area contributed by atoms with Crippen molar-refractivity contribution >= 4 is 35.0 Å². The van der Waals surface area contributed by atoms with E-state index < -0.39 is 0 Å². The van der Waals surface area contributed by atoms with E-state index in [-0.39, 0.29) is 11.7 Å². The number of halogens is 1. The Morgan fingerprint density at radius 2 is 1.96 bits per heavy atom. The van der Waals surface area contributed by atoms with Crippen LogP contribution in [0.1, 0.15) is 12.5 Å². The zero-order valence-electron chi connectivity index (χ0n) is 15.6. The summed E-state index contributed by atoms with van der Waals surface area (Å²) < 4.78 is 1.94. The topological polar surface area (TPSA) is 59.8 Å². The number of aryl methyl sites for hydroxylation is 1. The van der Waals surface area contributed by atoms with Crippen LogP contribution < -0.4 is 5.32 Å². The molecule has 0 aliphatic carbocycles. The number of aromatic nitrogens is 3. The summed E-state index contributed by atoms with van der Waals surface area (Å²) >= 11 is 7.32. The highest BCUT2D eigenvalue weighted by Gasteiger charge is 2.15. The maximum Gasteiger partial charge on any atom is 0.234 e. The average Bonchev–Trinajstić information content (AvgIpc) is 3.10. The van der Waals surface area contributed by atoms with Crippen molar-refractivity contribution < 1.29 is 4.79 Å². The lowest BCUT2D eigenvalue weighted by molar-refractivity contribution is -0.113. The van der Waals surface area contributed by atoms with Crippen LogP contribution in [0.5, 0.6) is 0 Å². The molecule has 0 bridgehead atoms. The number of anilines is 1. The van der Waals surface area contributed by atoms with E-state index >= 15 is 0 Å². The number of rotatable bonds is 8. The Bertz CT molecular complexity index is 969. The molecule has 5 nitrogen and oxygen atoms in total. The zero-order chi connectivity index (χ0) is 19.9. The second kappa shape index (κ2) is 9.57. The minimum absolute atomic E-state index is 0.0768. The van der Waals surface area contributed by atoms with Crippen LogP contribution in [0.4, 0.5) is 5.69 Å². The van der Waals surface area contributed by atoms with Gasteiger partial charge in [0, 0.05) is 22.8 Å². The van der Waals surface area contributed by atoms with E-state index in [0.717, 1.165) is 29.1 Å². The lowest BCUT2D eigenvalue weighted by atomic mass is 10.1. The van der Waals surface area contributed by atoms with E-state index in [1.54, 1.807) is 6.08 Å². The SMILES string of the molecule is C=CCn1c(SCC(=O)Nc2ccccc2CC)nnc1-c1ccc(Cl)cc1. The highest BCUT2D eigenvalue weighted by Crippen LogP contribution is 2.25. The van der Waals surface area contributed by atoms with Gasteiger partial charge in [0.1, 0.15) is 0 Å². The lowest BCUT2D eigenvalue weighted by Crippen LogP contribution is -2.15. The van der Waals surface area contributed by atoms with E-state index in [2.05, 4.69) is 29.0 Å². The van der Waals surface area contributed by atoms with Crippen molar-refractivity contribution in [2.45, 2.75) is 25.0 Å².